The van der Waals surface area contributed by atoms with Crippen LogP contribution in [0.3, 0.4) is 0 Å². The number of amides is 1. The van der Waals surface area contributed by atoms with E-state index >= 15 is 0 Å². The highest BCUT2D eigenvalue weighted by molar-refractivity contribution is 7.52. The molecule has 0 aliphatic heterocycles. The van der Waals surface area contributed by atoms with Crippen molar-refractivity contribution in [3.05, 3.63) is 0 Å². The highest BCUT2D eigenvalue weighted by Crippen LogP contribution is 2.36. The molecule has 0 saturated carbocycles. The van der Waals surface area contributed by atoms with Crippen LogP contribution < -0.4 is 4.89 Å². The van der Waals surface area contributed by atoms with Gasteiger partial charge in [0.1, 0.15) is 7.60 Å². The van der Waals surface area contributed by atoms with Gasteiger partial charge in [0.25, 0.3) is 0 Å². The molecule has 1 unspecified atom stereocenters. The van der Waals surface area contributed by atoms with Crippen molar-refractivity contribution in [3.63, 3.8) is 0 Å². The summed E-state index contributed by atoms with van der Waals surface area (Å²) in [5, 5.41) is 0. The number of hydrogen-bond donors (Lipinski definition) is 0. The second kappa shape index (κ2) is 6.17. The first-order chi connectivity index (χ1) is 6.46. The quantitative estimate of drug-likeness (QED) is 0.611. The molecule has 1 amide bonds. The Kier molecular flexibility index (Phi) is 6.00. The Bertz CT molecular complexity index is 227. The lowest BCUT2D eigenvalue weighted by molar-refractivity contribution is -0.198. The van der Waals surface area contributed by atoms with Crippen LogP contribution in [-0.2, 0) is 13.9 Å². The molecule has 0 spiro atoms. The maximum absolute atomic E-state index is 11.4. The van der Waals surface area contributed by atoms with Crippen molar-refractivity contribution in [1.29, 1.82) is 0 Å². The maximum Gasteiger partial charge on any atom is 0.231 e. The lowest BCUT2D eigenvalue weighted by atomic mass is 10.5. The molecule has 0 saturated heterocycles. The molecule has 0 aliphatic carbocycles. The molecule has 0 aromatic heterocycles. The standard InChI is InChI=1S/C8H18NO4P/c1-4-9(5-2)8(10)7-14(11,12)13-6-3/h4-7H2,1-3H3,(H,11,12)/p-1. The molecule has 14 heavy (non-hydrogen) atoms. The summed E-state index contributed by atoms with van der Waals surface area (Å²) < 4.78 is 15.6. The Labute approximate surface area is 84.6 Å². The Morgan fingerprint density at radius 3 is 2.21 bits per heavy atom. The van der Waals surface area contributed by atoms with E-state index in [1.165, 1.54) is 4.90 Å². The van der Waals surface area contributed by atoms with E-state index in [1.807, 2.05) is 0 Å². The predicted molar refractivity (Wildman–Crippen MR) is 52.0 cm³/mol. The van der Waals surface area contributed by atoms with Crippen LogP contribution in [0.1, 0.15) is 20.8 Å². The summed E-state index contributed by atoms with van der Waals surface area (Å²) >= 11 is 0. The lowest BCUT2D eigenvalue weighted by Gasteiger charge is -2.25. The van der Waals surface area contributed by atoms with E-state index in [0.29, 0.717) is 13.1 Å². The Balaban J connectivity index is 4.23. The summed E-state index contributed by atoms with van der Waals surface area (Å²) in [6.07, 6.45) is -0.539. The van der Waals surface area contributed by atoms with Crippen molar-refractivity contribution < 1.29 is 18.8 Å². The van der Waals surface area contributed by atoms with Crippen LogP contribution in [0, 0.1) is 0 Å². The fourth-order valence-corrected chi connectivity index (χ4v) is 2.10. The van der Waals surface area contributed by atoms with Crippen molar-refractivity contribution in [2.24, 2.45) is 0 Å². The number of carbonyl (C=O) groups is 1. The minimum Gasteiger partial charge on any atom is -0.778 e. The van der Waals surface area contributed by atoms with Gasteiger partial charge in [-0.05, 0) is 20.8 Å². The molecule has 84 valence electrons. The molecule has 0 aromatic carbocycles. The first-order valence-electron chi connectivity index (χ1n) is 4.69. The van der Waals surface area contributed by atoms with Gasteiger partial charge in [0.2, 0.25) is 5.91 Å². The van der Waals surface area contributed by atoms with Crippen LogP contribution >= 0.6 is 7.60 Å². The predicted octanol–water partition coefficient (Wildman–Crippen LogP) is 0.445. The van der Waals surface area contributed by atoms with Crippen molar-refractivity contribution >= 4 is 13.5 Å². The first kappa shape index (κ1) is 13.6. The molecule has 0 fully saturated rings. The van der Waals surface area contributed by atoms with Gasteiger partial charge < -0.3 is 18.9 Å². The molecule has 0 bridgehead atoms. The van der Waals surface area contributed by atoms with Gasteiger partial charge in [0.05, 0.1) is 12.8 Å². The fourth-order valence-electron chi connectivity index (χ4n) is 1.08. The van der Waals surface area contributed by atoms with Gasteiger partial charge in [-0.2, -0.15) is 0 Å². The number of hydrogen-bond acceptors (Lipinski definition) is 4. The Morgan fingerprint density at radius 2 is 1.86 bits per heavy atom. The van der Waals surface area contributed by atoms with E-state index in [1.54, 1.807) is 20.8 Å². The second-order valence-electron chi connectivity index (χ2n) is 2.75. The molecule has 0 aliphatic rings. The summed E-state index contributed by atoms with van der Waals surface area (Å²) in [5.41, 5.74) is 0. The zero-order chi connectivity index (χ0) is 11.2. The van der Waals surface area contributed by atoms with Crippen LogP contribution in [0.2, 0.25) is 0 Å². The number of rotatable bonds is 6. The van der Waals surface area contributed by atoms with Gasteiger partial charge in [-0.15, -0.1) is 0 Å². The van der Waals surface area contributed by atoms with E-state index in [9.17, 15) is 14.3 Å². The molecule has 5 nitrogen and oxygen atoms in total. The third-order valence-electron chi connectivity index (χ3n) is 1.77. The Hall–Kier alpha value is -0.380. The smallest absolute Gasteiger partial charge is 0.231 e. The average Bonchev–Trinajstić information content (AvgIpc) is 2.04. The normalized spacial score (nSPS) is 14.9. The minimum atomic E-state index is -3.97. The van der Waals surface area contributed by atoms with Crippen molar-refractivity contribution in [1.82, 2.24) is 4.90 Å². The van der Waals surface area contributed by atoms with Gasteiger partial charge in [0, 0.05) is 13.1 Å². The monoisotopic (exact) mass is 222 g/mol. The van der Waals surface area contributed by atoms with E-state index < -0.39 is 19.7 Å². The molecule has 0 N–H and O–H groups in total. The molecule has 0 aromatic rings. The van der Waals surface area contributed by atoms with Gasteiger partial charge >= 0.3 is 0 Å². The van der Waals surface area contributed by atoms with Crippen molar-refractivity contribution in [2.45, 2.75) is 20.8 Å². The van der Waals surface area contributed by atoms with Crippen LogP contribution in [0.5, 0.6) is 0 Å². The summed E-state index contributed by atoms with van der Waals surface area (Å²) in [4.78, 5) is 24.0. The van der Waals surface area contributed by atoms with Gasteiger partial charge in [-0.1, -0.05) is 0 Å². The van der Waals surface area contributed by atoms with E-state index in [-0.39, 0.29) is 6.61 Å². The minimum absolute atomic E-state index is 0.0757. The summed E-state index contributed by atoms with van der Waals surface area (Å²) in [6.45, 7) is 6.29. The SMILES string of the molecule is CCOP(=O)([O-])CC(=O)N(CC)CC. The van der Waals surface area contributed by atoms with Gasteiger partial charge in [0.15, 0.2) is 0 Å². The molecular formula is C8H17NO4P-. The van der Waals surface area contributed by atoms with Gasteiger partial charge in [-0.3, -0.25) is 4.79 Å². The zero-order valence-electron chi connectivity index (χ0n) is 8.86. The average molecular weight is 222 g/mol. The fraction of sp³-hybridized carbons (Fsp3) is 0.875. The highest BCUT2D eigenvalue weighted by atomic mass is 31.2. The van der Waals surface area contributed by atoms with Crippen molar-refractivity contribution in [2.75, 3.05) is 25.9 Å². The van der Waals surface area contributed by atoms with Crippen LogP contribution in [0.15, 0.2) is 0 Å². The topological polar surface area (TPSA) is 69.7 Å². The molecule has 1 atom stereocenters. The lowest BCUT2D eigenvalue weighted by Crippen LogP contribution is -2.34. The first-order valence-corrected chi connectivity index (χ1v) is 6.42. The van der Waals surface area contributed by atoms with Crippen LogP contribution in [-0.4, -0.2) is 36.7 Å². The van der Waals surface area contributed by atoms with E-state index in [2.05, 4.69) is 4.52 Å². The summed E-state index contributed by atoms with van der Waals surface area (Å²) in [7, 11) is -3.97. The summed E-state index contributed by atoms with van der Waals surface area (Å²) in [5.74, 6) is -0.401. The Morgan fingerprint density at radius 1 is 1.36 bits per heavy atom. The third kappa shape index (κ3) is 4.74. The van der Waals surface area contributed by atoms with Crippen LogP contribution in [0.4, 0.5) is 0 Å². The van der Waals surface area contributed by atoms with Crippen LogP contribution in [0.25, 0.3) is 0 Å². The van der Waals surface area contributed by atoms with E-state index in [4.69, 9.17) is 0 Å². The third-order valence-corrected chi connectivity index (χ3v) is 3.08. The largest absolute Gasteiger partial charge is 0.778 e. The van der Waals surface area contributed by atoms with E-state index in [0.717, 1.165) is 0 Å². The number of carbonyl (C=O) groups excluding carboxylic acids is 1. The highest BCUT2D eigenvalue weighted by Gasteiger charge is 2.17. The maximum atomic E-state index is 11.4. The molecule has 0 heterocycles. The zero-order valence-corrected chi connectivity index (χ0v) is 9.75. The van der Waals surface area contributed by atoms with Crippen molar-refractivity contribution in [3.8, 4) is 0 Å². The second-order valence-corrected chi connectivity index (χ2v) is 4.55. The molecule has 6 heteroatoms. The molecule has 0 radical (unpaired) electrons. The summed E-state index contributed by atoms with van der Waals surface area (Å²) in [6, 6.07) is 0. The number of nitrogens with zero attached hydrogens (tertiary/aromatic N) is 1. The molecule has 0 rings (SSSR count). The van der Waals surface area contributed by atoms with Gasteiger partial charge in [-0.25, -0.2) is 0 Å². The molecular weight excluding hydrogens is 205 g/mol.